The molecule has 8 heteroatoms. The van der Waals surface area contributed by atoms with Crippen LogP contribution in [0.1, 0.15) is 62.8 Å². The third-order valence-corrected chi connectivity index (χ3v) is 7.82. The second-order valence-corrected chi connectivity index (χ2v) is 10.6. The van der Waals surface area contributed by atoms with Gasteiger partial charge in [-0.1, -0.05) is 84.6 Å². The van der Waals surface area contributed by atoms with Gasteiger partial charge in [0.2, 0.25) is 5.91 Å². The fraction of sp³-hybridized carbons (Fsp3) is 0.423. The van der Waals surface area contributed by atoms with Crippen LogP contribution >= 0.6 is 35.0 Å². The van der Waals surface area contributed by atoms with Crippen LogP contribution < -0.4 is 5.32 Å². The van der Waals surface area contributed by atoms with Crippen LogP contribution in [0.4, 0.5) is 0 Å². The first-order chi connectivity index (χ1) is 16.6. The molecule has 0 radical (unpaired) electrons. The topological polar surface area (TPSA) is 59.8 Å². The van der Waals surface area contributed by atoms with E-state index in [0.717, 1.165) is 53.7 Å². The van der Waals surface area contributed by atoms with E-state index in [4.69, 9.17) is 23.2 Å². The SMILES string of the molecule is O=C(CCCCSc1nnc(Cc2ccccc2)n1-c1ccc(Cl)c(Cl)c1)NC1CCCCC1. The van der Waals surface area contributed by atoms with Crippen LogP contribution in [0.15, 0.2) is 53.7 Å². The molecule has 0 spiro atoms. The van der Waals surface area contributed by atoms with Gasteiger partial charge in [-0.25, -0.2) is 0 Å². The molecule has 3 aromatic rings. The molecule has 1 N–H and O–H groups in total. The summed E-state index contributed by atoms with van der Waals surface area (Å²) in [6.07, 6.45) is 9.04. The molecule has 4 rings (SSSR count). The molecule has 0 unspecified atom stereocenters. The fourth-order valence-electron chi connectivity index (χ4n) is 4.27. The van der Waals surface area contributed by atoms with Crippen LogP contribution in [0.5, 0.6) is 0 Å². The quantitative estimate of drug-likeness (QED) is 0.235. The number of nitrogens with one attached hydrogen (secondary N) is 1. The molecule has 1 aromatic heterocycles. The molecule has 1 heterocycles. The number of carbonyl (C=O) groups excluding carboxylic acids is 1. The number of nitrogens with zero attached hydrogens (tertiary/aromatic N) is 3. The van der Waals surface area contributed by atoms with Crippen molar-refractivity contribution in [3.63, 3.8) is 0 Å². The normalized spacial score (nSPS) is 14.3. The maximum absolute atomic E-state index is 12.3. The lowest BCUT2D eigenvalue weighted by Crippen LogP contribution is -2.35. The molecule has 1 saturated carbocycles. The zero-order valence-corrected chi connectivity index (χ0v) is 21.5. The Labute approximate surface area is 215 Å². The Bertz CT molecular complexity index is 1080. The number of thioether (sulfide) groups is 1. The highest BCUT2D eigenvalue weighted by molar-refractivity contribution is 7.99. The first-order valence-corrected chi connectivity index (χ1v) is 13.7. The number of benzene rings is 2. The van der Waals surface area contributed by atoms with E-state index in [2.05, 4.69) is 32.2 Å². The van der Waals surface area contributed by atoms with Crippen LogP contribution in [0.25, 0.3) is 5.69 Å². The van der Waals surface area contributed by atoms with Crippen molar-refractivity contribution in [3.05, 3.63) is 70.0 Å². The molecular formula is C26H30Cl2N4OS. The standard InChI is InChI=1S/C26H30Cl2N4OS/c27-22-15-14-21(18-23(22)28)32-24(17-19-9-3-1-4-10-19)30-31-26(32)34-16-8-7-13-25(33)29-20-11-5-2-6-12-20/h1,3-4,9-10,14-15,18,20H,2,5-8,11-13,16-17H2,(H,29,33). The molecule has 1 aliphatic rings. The van der Waals surface area contributed by atoms with Gasteiger partial charge >= 0.3 is 0 Å². The predicted molar refractivity (Wildman–Crippen MR) is 140 cm³/mol. The number of amides is 1. The summed E-state index contributed by atoms with van der Waals surface area (Å²) in [6, 6.07) is 16.2. The van der Waals surface area contributed by atoms with E-state index in [1.54, 1.807) is 17.8 Å². The summed E-state index contributed by atoms with van der Waals surface area (Å²) in [7, 11) is 0. The molecular weight excluding hydrogens is 487 g/mol. The van der Waals surface area contributed by atoms with Gasteiger partial charge in [-0.2, -0.15) is 0 Å². The van der Waals surface area contributed by atoms with Gasteiger partial charge < -0.3 is 5.32 Å². The Balaban J connectivity index is 1.37. The Kier molecular flexibility index (Phi) is 9.31. The summed E-state index contributed by atoms with van der Waals surface area (Å²) in [4.78, 5) is 12.3. The van der Waals surface area contributed by atoms with Crippen molar-refractivity contribution in [2.24, 2.45) is 0 Å². The van der Waals surface area contributed by atoms with Gasteiger partial charge in [0.15, 0.2) is 5.16 Å². The number of unbranched alkanes of at least 4 members (excludes halogenated alkanes) is 1. The van der Waals surface area contributed by atoms with Gasteiger partial charge in [-0.15, -0.1) is 10.2 Å². The van der Waals surface area contributed by atoms with Gasteiger partial charge in [0.1, 0.15) is 5.82 Å². The smallest absolute Gasteiger partial charge is 0.220 e. The second kappa shape index (κ2) is 12.6. The minimum atomic E-state index is 0.182. The van der Waals surface area contributed by atoms with Gasteiger partial charge in [0.25, 0.3) is 0 Å². The maximum atomic E-state index is 12.3. The Morgan fingerprint density at radius 1 is 1.00 bits per heavy atom. The van der Waals surface area contributed by atoms with Crippen molar-refractivity contribution in [3.8, 4) is 5.69 Å². The lowest BCUT2D eigenvalue weighted by molar-refractivity contribution is -0.122. The number of rotatable bonds is 10. The molecule has 0 saturated heterocycles. The third-order valence-electron chi connectivity index (χ3n) is 6.07. The second-order valence-electron chi connectivity index (χ2n) is 8.70. The largest absolute Gasteiger partial charge is 0.353 e. The highest BCUT2D eigenvalue weighted by atomic mass is 35.5. The summed E-state index contributed by atoms with van der Waals surface area (Å²) < 4.78 is 2.05. The van der Waals surface area contributed by atoms with E-state index in [-0.39, 0.29) is 5.91 Å². The summed E-state index contributed by atoms with van der Waals surface area (Å²) in [5.74, 6) is 1.89. The molecule has 180 valence electrons. The van der Waals surface area contributed by atoms with Gasteiger partial charge in [0.05, 0.1) is 15.7 Å². The number of carbonyl (C=O) groups is 1. The van der Waals surface area contributed by atoms with E-state index in [9.17, 15) is 4.79 Å². The summed E-state index contributed by atoms with van der Waals surface area (Å²) >= 11 is 14.1. The van der Waals surface area contributed by atoms with E-state index in [1.807, 2.05) is 30.3 Å². The zero-order chi connectivity index (χ0) is 23.8. The molecule has 1 aliphatic carbocycles. The van der Waals surface area contributed by atoms with Crippen molar-refractivity contribution in [1.82, 2.24) is 20.1 Å². The van der Waals surface area contributed by atoms with Gasteiger partial charge in [-0.3, -0.25) is 9.36 Å². The Hall–Kier alpha value is -2.02. The molecule has 0 bridgehead atoms. The lowest BCUT2D eigenvalue weighted by Gasteiger charge is -2.22. The van der Waals surface area contributed by atoms with Crippen molar-refractivity contribution >= 4 is 40.9 Å². The monoisotopic (exact) mass is 516 g/mol. The number of hydrogen-bond donors (Lipinski definition) is 1. The van der Waals surface area contributed by atoms with Gasteiger partial charge in [0, 0.05) is 24.6 Å². The van der Waals surface area contributed by atoms with E-state index in [1.165, 1.54) is 19.3 Å². The third kappa shape index (κ3) is 7.00. The summed E-state index contributed by atoms with van der Waals surface area (Å²) in [5, 5.41) is 14.0. The maximum Gasteiger partial charge on any atom is 0.220 e. The first kappa shape index (κ1) is 25.1. The molecule has 2 aromatic carbocycles. The van der Waals surface area contributed by atoms with Crippen molar-refractivity contribution < 1.29 is 4.79 Å². The summed E-state index contributed by atoms with van der Waals surface area (Å²) in [6.45, 7) is 0. The average molecular weight is 518 g/mol. The van der Waals surface area contributed by atoms with E-state index in [0.29, 0.717) is 28.9 Å². The van der Waals surface area contributed by atoms with Crippen LogP contribution in [0.2, 0.25) is 10.0 Å². The van der Waals surface area contributed by atoms with E-state index >= 15 is 0 Å². The number of aromatic nitrogens is 3. The van der Waals surface area contributed by atoms with E-state index < -0.39 is 0 Å². The number of hydrogen-bond acceptors (Lipinski definition) is 4. The molecule has 1 fully saturated rings. The minimum absolute atomic E-state index is 0.182. The van der Waals surface area contributed by atoms with Crippen LogP contribution in [0, 0.1) is 0 Å². The van der Waals surface area contributed by atoms with Crippen LogP contribution in [-0.4, -0.2) is 32.5 Å². The highest BCUT2D eigenvalue weighted by Crippen LogP contribution is 2.29. The van der Waals surface area contributed by atoms with Crippen molar-refractivity contribution in [1.29, 1.82) is 0 Å². The molecule has 5 nitrogen and oxygen atoms in total. The zero-order valence-electron chi connectivity index (χ0n) is 19.2. The molecule has 0 aliphatic heterocycles. The predicted octanol–water partition coefficient (Wildman–Crippen LogP) is 6.88. The molecule has 1 amide bonds. The van der Waals surface area contributed by atoms with Crippen molar-refractivity contribution in [2.75, 3.05) is 5.75 Å². The minimum Gasteiger partial charge on any atom is -0.353 e. The number of halogens is 2. The Morgan fingerprint density at radius 2 is 1.79 bits per heavy atom. The average Bonchev–Trinajstić information content (AvgIpc) is 3.24. The molecule has 34 heavy (non-hydrogen) atoms. The first-order valence-electron chi connectivity index (χ1n) is 12.0. The Morgan fingerprint density at radius 3 is 2.56 bits per heavy atom. The lowest BCUT2D eigenvalue weighted by atomic mass is 9.95. The summed E-state index contributed by atoms with van der Waals surface area (Å²) in [5.41, 5.74) is 2.05. The highest BCUT2D eigenvalue weighted by Gasteiger charge is 2.17. The fourth-order valence-corrected chi connectivity index (χ4v) is 5.53. The van der Waals surface area contributed by atoms with Crippen molar-refractivity contribution in [2.45, 2.75) is 69.0 Å². The molecule has 0 atom stereocenters. The van der Waals surface area contributed by atoms with Gasteiger partial charge in [-0.05, 0) is 49.4 Å². The van der Waals surface area contributed by atoms with Crippen LogP contribution in [0.3, 0.4) is 0 Å². The van der Waals surface area contributed by atoms with Crippen LogP contribution in [-0.2, 0) is 11.2 Å².